The standard InChI is InChI=1S/C12H24N2O4/c1-5-6-9(7-10(15)17-4)14-11(16)18-12(2,3)8-13/h9H,5-8,13H2,1-4H3,(H,14,16). The Labute approximate surface area is 108 Å². The number of nitrogens with one attached hydrogen (secondary N) is 1. The van der Waals surface area contributed by atoms with Crippen LogP contribution in [0.25, 0.3) is 0 Å². The van der Waals surface area contributed by atoms with Crippen LogP contribution < -0.4 is 11.1 Å². The molecule has 6 heteroatoms. The number of esters is 1. The molecule has 1 unspecified atom stereocenters. The van der Waals surface area contributed by atoms with Crippen LogP contribution in [0.5, 0.6) is 0 Å². The normalized spacial score (nSPS) is 12.7. The summed E-state index contributed by atoms with van der Waals surface area (Å²) in [5.74, 6) is -0.355. The molecule has 0 aromatic heterocycles. The van der Waals surface area contributed by atoms with Crippen LogP contribution in [0.3, 0.4) is 0 Å². The summed E-state index contributed by atoms with van der Waals surface area (Å²) in [4.78, 5) is 22.8. The summed E-state index contributed by atoms with van der Waals surface area (Å²) in [6.07, 6.45) is 1.12. The molecule has 1 amide bonds. The second-order valence-electron chi connectivity index (χ2n) is 4.76. The van der Waals surface area contributed by atoms with Crippen LogP contribution in [0.15, 0.2) is 0 Å². The second-order valence-corrected chi connectivity index (χ2v) is 4.76. The first-order valence-electron chi connectivity index (χ1n) is 6.11. The van der Waals surface area contributed by atoms with E-state index in [9.17, 15) is 9.59 Å². The van der Waals surface area contributed by atoms with Gasteiger partial charge in [0.1, 0.15) is 5.60 Å². The highest BCUT2D eigenvalue weighted by atomic mass is 16.6. The Kier molecular flexibility index (Phi) is 7.35. The highest BCUT2D eigenvalue weighted by Gasteiger charge is 2.23. The van der Waals surface area contributed by atoms with E-state index in [0.717, 1.165) is 6.42 Å². The lowest BCUT2D eigenvalue weighted by molar-refractivity contribution is -0.141. The maximum absolute atomic E-state index is 11.6. The minimum absolute atomic E-state index is 0.141. The highest BCUT2D eigenvalue weighted by molar-refractivity contribution is 5.72. The van der Waals surface area contributed by atoms with E-state index in [1.807, 2.05) is 6.92 Å². The van der Waals surface area contributed by atoms with E-state index in [1.165, 1.54) is 7.11 Å². The molecule has 0 fully saturated rings. The Bertz CT molecular complexity index is 279. The Balaban J connectivity index is 4.31. The molecule has 18 heavy (non-hydrogen) atoms. The summed E-state index contributed by atoms with van der Waals surface area (Å²) in [6, 6.07) is -0.275. The molecular weight excluding hydrogens is 236 g/mol. The zero-order valence-electron chi connectivity index (χ0n) is 11.6. The summed E-state index contributed by atoms with van der Waals surface area (Å²) in [5.41, 5.74) is 4.75. The Hall–Kier alpha value is -1.30. The van der Waals surface area contributed by atoms with Crippen LogP contribution in [0.1, 0.15) is 40.0 Å². The van der Waals surface area contributed by atoms with Crippen LogP contribution in [0, 0.1) is 0 Å². The first-order chi connectivity index (χ1) is 8.34. The number of carbonyl (C=O) groups is 2. The van der Waals surface area contributed by atoms with Crippen LogP contribution >= 0.6 is 0 Å². The number of carbonyl (C=O) groups excluding carboxylic acids is 2. The summed E-state index contributed by atoms with van der Waals surface area (Å²) in [5, 5.41) is 2.66. The fourth-order valence-electron chi connectivity index (χ4n) is 1.35. The van der Waals surface area contributed by atoms with Crippen LogP contribution in [-0.2, 0) is 14.3 Å². The summed E-state index contributed by atoms with van der Waals surface area (Å²) < 4.78 is 9.73. The molecule has 0 spiro atoms. The van der Waals surface area contributed by atoms with Crippen molar-refractivity contribution in [2.75, 3.05) is 13.7 Å². The van der Waals surface area contributed by atoms with Crippen LogP contribution in [0.4, 0.5) is 4.79 Å². The van der Waals surface area contributed by atoms with Gasteiger partial charge in [-0.1, -0.05) is 13.3 Å². The third-order valence-electron chi connectivity index (χ3n) is 2.46. The van der Waals surface area contributed by atoms with E-state index >= 15 is 0 Å². The van der Waals surface area contributed by atoms with E-state index in [1.54, 1.807) is 13.8 Å². The number of rotatable bonds is 7. The first-order valence-corrected chi connectivity index (χ1v) is 6.11. The van der Waals surface area contributed by atoms with E-state index in [4.69, 9.17) is 10.5 Å². The minimum Gasteiger partial charge on any atom is -0.469 e. The molecule has 0 rings (SSSR count). The molecule has 6 nitrogen and oxygen atoms in total. The van der Waals surface area contributed by atoms with Gasteiger partial charge >= 0.3 is 12.1 Å². The van der Waals surface area contributed by atoms with Gasteiger partial charge in [0.2, 0.25) is 0 Å². The first kappa shape index (κ1) is 16.7. The van der Waals surface area contributed by atoms with Gasteiger partial charge in [-0.15, -0.1) is 0 Å². The zero-order valence-corrected chi connectivity index (χ0v) is 11.6. The number of ether oxygens (including phenoxy) is 2. The van der Waals surface area contributed by atoms with Gasteiger partial charge in [-0.05, 0) is 20.3 Å². The quantitative estimate of drug-likeness (QED) is 0.671. The largest absolute Gasteiger partial charge is 0.469 e. The third kappa shape index (κ3) is 7.11. The zero-order chi connectivity index (χ0) is 14.2. The predicted octanol–water partition coefficient (Wildman–Crippen LogP) is 1.18. The molecule has 0 aromatic rings. The number of alkyl carbamates (subject to hydrolysis) is 1. The molecule has 0 radical (unpaired) electrons. The van der Waals surface area contributed by atoms with Crippen LogP contribution in [-0.4, -0.2) is 37.4 Å². The molecule has 0 aromatic carbocycles. The van der Waals surface area contributed by atoms with E-state index in [-0.39, 0.29) is 25.0 Å². The minimum atomic E-state index is -0.716. The molecule has 3 N–H and O–H groups in total. The monoisotopic (exact) mass is 260 g/mol. The molecule has 0 saturated carbocycles. The summed E-state index contributed by atoms with van der Waals surface area (Å²) >= 11 is 0. The van der Waals surface area contributed by atoms with Crippen molar-refractivity contribution < 1.29 is 19.1 Å². The van der Waals surface area contributed by atoms with E-state index < -0.39 is 11.7 Å². The van der Waals surface area contributed by atoms with E-state index in [0.29, 0.717) is 6.42 Å². The van der Waals surface area contributed by atoms with Crippen molar-refractivity contribution >= 4 is 12.1 Å². The van der Waals surface area contributed by atoms with E-state index in [2.05, 4.69) is 10.1 Å². The Morgan fingerprint density at radius 1 is 1.39 bits per heavy atom. The average molecular weight is 260 g/mol. The number of methoxy groups -OCH3 is 1. The van der Waals surface area contributed by atoms with Crippen molar-refractivity contribution in [1.29, 1.82) is 0 Å². The lowest BCUT2D eigenvalue weighted by Gasteiger charge is -2.25. The summed E-state index contributed by atoms with van der Waals surface area (Å²) in [6.45, 7) is 5.65. The van der Waals surface area contributed by atoms with Gasteiger partial charge in [-0.25, -0.2) is 4.79 Å². The highest BCUT2D eigenvalue weighted by Crippen LogP contribution is 2.09. The van der Waals surface area contributed by atoms with Gasteiger partial charge in [0.25, 0.3) is 0 Å². The van der Waals surface area contributed by atoms with Gasteiger partial charge in [0.05, 0.1) is 13.5 Å². The van der Waals surface area contributed by atoms with Gasteiger partial charge < -0.3 is 20.5 Å². The number of hydrogen-bond donors (Lipinski definition) is 2. The number of hydrogen-bond acceptors (Lipinski definition) is 5. The topological polar surface area (TPSA) is 90.6 Å². The molecule has 106 valence electrons. The third-order valence-corrected chi connectivity index (χ3v) is 2.46. The Morgan fingerprint density at radius 2 is 2.00 bits per heavy atom. The molecule has 1 atom stereocenters. The molecule has 0 aliphatic carbocycles. The number of amides is 1. The average Bonchev–Trinajstić information content (AvgIpc) is 2.28. The van der Waals surface area contributed by atoms with Gasteiger partial charge in [-0.3, -0.25) is 4.79 Å². The van der Waals surface area contributed by atoms with Gasteiger partial charge in [0.15, 0.2) is 0 Å². The maximum atomic E-state index is 11.6. The predicted molar refractivity (Wildman–Crippen MR) is 68.1 cm³/mol. The smallest absolute Gasteiger partial charge is 0.407 e. The molecule has 0 heterocycles. The molecule has 0 bridgehead atoms. The molecular formula is C12H24N2O4. The van der Waals surface area contributed by atoms with Gasteiger partial charge in [0, 0.05) is 12.6 Å². The molecule has 0 saturated heterocycles. The molecule has 0 aliphatic rings. The second kappa shape index (κ2) is 7.92. The van der Waals surface area contributed by atoms with Crippen molar-refractivity contribution in [3.05, 3.63) is 0 Å². The van der Waals surface area contributed by atoms with Crippen molar-refractivity contribution in [1.82, 2.24) is 5.32 Å². The Morgan fingerprint density at radius 3 is 2.44 bits per heavy atom. The fourth-order valence-corrected chi connectivity index (χ4v) is 1.35. The van der Waals surface area contributed by atoms with Gasteiger partial charge in [-0.2, -0.15) is 0 Å². The fraction of sp³-hybridized carbons (Fsp3) is 0.833. The summed E-state index contributed by atoms with van der Waals surface area (Å²) in [7, 11) is 1.32. The lowest BCUT2D eigenvalue weighted by atomic mass is 10.1. The van der Waals surface area contributed by atoms with Crippen molar-refractivity contribution in [3.63, 3.8) is 0 Å². The molecule has 0 aliphatic heterocycles. The number of nitrogens with two attached hydrogens (primary N) is 1. The van der Waals surface area contributed by atoms with Crippen LogP contribution in [0.2, 0.25) is 0 Å². The van der Waals surface area contributed by atoms with Crippen molar-refractivity contribution in [2.45, 2.75) is 51.7 Å². The SMILES string of the molecule is CCCC(CC(=O)OC)NC(=O)OC(C)(C)CN. The lowest BCUT2D eigenvalue weighted by Crippen LogP contribution is -2.44. The maximum Gasteiger partial charge on any atom is 0.407 e. The van der Waals surface area contributed by atoms with Crippen molar-refractivity contribution in [3.8, 4) is 0 Å². The van der Waals surface area contributed by atoms with Crippen molar-refractivity contribution in [2.24, 2.45) is 5.73 Å².